The van der Waals surface area contributed by atoms with Crippen molar-refractivity contribution in [2.45, 2.75) is 65.1 Å². The first-order chi connectivity index (χ1) is 8.26. The minimum Gasteiger partial charge on any atom is -0.404 e. The second-order valence-corrected chi connectivity index (χ2v) is 7.66. The molecule has 2 N–H and O–H groups in total. The third-order valence-corrected chi connectivity index (χ3v) is 6.05. The zero-order valence-electron chi connectivity index (χ0n) is 12.7. The van der Waals surface area contributed by atoms with Gasteiger partial charge in [-0.3, -0.25) is 0 Å². The van der Waals surface area contributed by atoms with Crippen LogP contribution >= 0.6 is 12.4 Å². The molecule has 5 heteroatoms. The summed E-state index contributed by atoms with van der Waals surface area (Å²) in [6, 6.07) is 0. The molecule has 1 saturated heterocycles. The Kier molecular flexibility index (Phi) is 3.80. The van der Waals surface area contributed by atoms with Gasteiger partial charge in [0.15, 0.2) is 0 Å². The molecule has 4 rings (SSSR count). The van der Waals surface area contributed by atoms with Crippen molar-refractivity contribution in [3.8, 4) is 0 Å². The molecule has 110 valence electrons. The molecule has 2 bridgehead atoms. The summed E-state index contributed by atoms with van der Waals surface area (Å²) < 4.78 is 12.5. The molecule has 0 amide bonds. The number of nitrogens with two attached hydrogens (primary N) is 1. The second kappa shape index (κ2) is 4.62. The van der Waals surface area contributed by atoms with Crippen LogP contribution in [0.1, 0.15) is 47.5 Å². The van der Waals surface area contributed by atoms with Crippen molar-refractivity contribution in [3.63, 3.8) is 0 Å². The average molecular weight is 288 g/mol. The van der Waals surface area contributed by atoms with Gasteiger partial charge in [-0.25, -0.2) is 0 Å². The molecule has 1 heterocycles. The zero-order valence-corrected chi connectivity index (χ0v) is 13.5. The van der Waals surface area contributed by atoms with Crippen molar-refractivity contribution in [2.75, 3.05) is 0 Å². The SMILES string of the molecule is CC(C)C(N)B1OC2CC3CC(C3(C)C)C2(C)O1.Cl. The summed E-state index contributed by atoms with van der Waals surface area (Å²) in [5.41, 5.74) is 6.50. The van der Waals surface area contributed by atoms with E-state index in [1.165, 1.54) is 6.42 Å². The Morgan fingerprint density at radius 2 is 1.84 bits per heavy atom. The zero-order chi connectivity index (χ0) is 13.3. The van der Waals surface area contributed by atoms with E-state index < -0.39 is 0 Å². The first kappa shape index (κ1) is 15.6. The fourth-order valence-electron chi connectivity index (χ4n) is 4.38. The molecule has 5 unspecified atom stereocenters. The number of hydrogen-bond donors (Lipinski definition) is 1. The van der Waals surface area contributed by atoms with Crippen LogP contribution in [0.25, 0.3) is 0 Å². The Labute approximate surface area is 123 Å². The molecular formula is C14H27BClNO2. The quantitative estimate of drug-likeness (QED) is 0.794. The maximum atomic E-state index is 6.31. The molecule has 4 aliphatic rings. The van der Waals surface area contributed by atoms with Gasteiger partial charge in [-0.2, -0.15) is 0 Å². The third kappa shape index (κ3) is 1.98. The summed E-state index contributed by atoms with van der Waals surface area (Å²) >= 11 is 0. The van der Waals surface area contributed by atoms with Gasteiger partial charge in [-0.05, 0) is 42.9 Å². The Bertz CT molecular complexity index is 365. The van der Waals surface area contributed by atoms with E-state index in [0.29, 0.717) is 17.3 Å². The number of rotatable bonds is 2. The Morgan fingerprint density at radius 3 is 2.37 bits per heavy atom. The van der Waals surface area contributed by atoms with Gasteiger partial charge in [-0.15, -0.1) is 12.4 Å². The van der Waals surface area contributed by atoms with Gasteiger partial charge in [0.2, 0.25) is 0 Å². The maximum absolute atomic E-state index is 6.31. The van der Waals surface area contributed by atoms with E-state index in [9.17, 15) is 0 Å². The normalized spacial score (nSPS) is 44.4. The lowest BCUT2D eigenvalue weighted by Crippen LogP contribution is -2.65. The van der Waals surface area contributed by atoms with Crippen molar-refractivity contribution in [1.82, 2.24) is 0 Å². The third-order valence-electron chi connectivity index (χ3n) is 6.05. The molecule has 3 saturated carbocycles. The lowest BCUT2D eigenvalue weighted by molar-refractivity contribution is -0.199. The first-order valence-corrected chi connectivity index (χ1v) is 7.35. The lowest BCUT2D eigenvalue weighted by Gasteiger charge is -2.64. The molecule has 0 radical (unpaired) electrons. The minimum absolute atomic E-state index is 0. The van der Waals surface area contributed by atoms with Gasteiger partial charge in [-0.1, -0.05) is 27.7 Å². The molecule has 0 aromatic rings. The lowest BCUT2D eigenvalue weighted by atomic mass is 9.43. The predicted molar refractivity (Wildman–Crippen MR) is 80.2 cm³/mol. The molecule has 0 aromatic carbocycles. The smallest absolute Gasteiger partial charge is 0.404 e. The maximum Gasteiger partial charge on any atom is 0.475 e. The fraction of sp³-hybridized carbons (Fsp3) is 1.00. The van der Waals surface area contributed by atoms with Gasteiger partial charge >= 0.3 is 7.12 Å². The summed E-state index contributed by atoms with van der Waals surface area (Å²) in [5.74, 6) is 1.80. The van der Waals surface area contributed by atoms with Crippen LogP contribution in [0.5, 0.6) is 0 Å². The summed E-state index contributed by atoms with van der Waals surface area (Å²) in [6.45, 7) is 11.3. The van der Waals surface area contributed by atoms with E-state index in [4.69, 9.17) is 15.0 Å². The van der Waals surface area contributed by atoms with E-state index in [1.807, 2.05) is 0 Å². The standard InChI is InChI=1S/C14H26BNO2.ClH/c1-8(2)12(16)15-17-11-7-9-6-10(13(9,3)4)14(11,5)18-15;/h8-12H,6-7,16H2,1-5H3;1H. The van der Waals surface area contributed by atoms with Crippen LogP contribution in [-0.4, -0.2) is 24.8 Å². The highest BCUT2D eigenvalue weighted by Crippen LogP contribution is 2.65. The highest BCUT2D eigenvalue weighted by molar-refractivity contribution is 6.47. The molecule has 3 nitrogen and oxygen atoms in total. The summed E-state index contributed by atoms with van der Waals surface area (Å²) in [6.07, 6.45) is 2.69. The van der Waals surface area contributed by atoms with Crippen LogP contribution in [-0.2, 0) is 9.31 Å². The van der Waals surface area contributed by atoms with Crippen molar-refractivity contribution >= 4 is 19.5 Å². The van der Waals surface area contributed by atoms with Crippen LogP contribution in [0.3, 0.4) is 0 Å². The Balaban J connectivity index is 0.00000133. The van der Waals surface area contributed by atoms with Crippen molar-refractivity contribution in [3.05, 3.63) is 0 Å². The van der Waals surface area contributed by atoms with Gasteiger partial charge in [0.25, 0.3) is 0 Å². The van der Waals surface area contributed by atoms with Crippen LogP contribution in [0.2, 0.25) is 0 Å². The Morgan fingerprint density at radius 1 is 1.21 bits per heavy atom. The molecule has 5 atom stereocenters. The van der Waals surface area contributed by atoms with E-state index in [-0.39, 0.29) is 37.2 Å². The highest BCUT2D eigenvalue weighted by Gasteiger charge is 2.68. The molecule has 0 spiro atoms. The van der Waals surface area contributed by atoms with Crippen LogP contribution in [0, 0.1) is 23.2 Å². The van der Waals surface area contributed by atoms with Gasteiger partial charge in [0, 0.05) is 5.94 Å². The second-order valence-electron chi connectivity index (χ2n) is 7.66. The molecule has 0 aromatic heterocycles. The topological polar surface area (TPSA) is 44.5 Å². The minimum atomic E-state index is -0.213. The van der Waals surface area contributed by atoms with Gasteiger partial charge < -0.3 is 15.0 Å². The van der Waals surface area contributed by atoms with Crippen molar-refractivity contribution < 1.29 is 9.31 Å². The predicted octanol–water partition coefficient (Wildman–Crippen LogP) is 2.66. The number of hydrogen-bond acceptors (Lipinski definition) is 3. The molecule has 4 fully saturated rings. The summed E-state index contributed by atoms with van der Waals surface area (Å²) in [7, 11) is -0.213. The van der Waals surface area contributed by atoms with E-state index in [1.54, 1.807) is 0 Å². The van der Waals surface area contributed by atoms with Crippen molar-refractivity contribution in [1.29, 1.82) is 0 Å². The van der Waals surface area contributed by atoms with Crippen LogP contribution in [0.4, 0.5) is 0 Å². The van der Waals surface area contributed by atoms with Crippen LogP contribution < -0.4 is 5.73 Å². The summed E-state index contributed by atoms with van der Waals surface area (Å²) in [5, 5.41) is 0. The monoisotopic (exact) mass is 287 g/mol. The highest BCUT2D eigenvalue weighted by atomic mass is 35.5. The van der Waals surface area contributed by atoms with Gasteiger partial charge in [0.1, 0.15) is 0 Å². The first-order valence-electron chi connectivity index (χ1n) is 7.35. The largest absolute Gasteiger partial charge is 0.475 e. The summed E-state index contributed by atoms with van der Waals surface area (Å²) in [4.78, 5) is 0. The van der Waals surface area contributed by atoms with E-state index in [2.05, 4.69) is 34.6 Å². The average Bonchev–Trinajstić information content (AvgIpc) is 2.63. The molecular weight excluding hydrogens is 260 g/mol. The molecule has 19 heavy (non-hydrogen) atoms. The fourth-order valence-corrected chi connectivity index (χ4v) is 4.38. The van der Waals surface area contributed by atoms with E-state index in [0.717, 1.165) is 12.3 Å². The van der Waals surface area contributed by atoms with Gasteiger partial charge in [0.05, 0.1) is 11.7 Å². The van der Waals surface area contributed by atoms with Crippen molar-refractivity contribution in [2.24, 2.45) is 28.9 Å². The van der Waals surface area contributed by atoms with Crippen LogP contribution in [0.15, 0.2) is 0 Å². The number of halogens is 1. The Hall–Kier alpha value is 0.235. The molecule has 1 aliphatic heterocycles. The van der Waals surface area contributed by atoms with E-state index >= 15 is 0 Å². The molecule has 3 aliphatic carbocycles.